The van der Waals surface area contributed by atoms with Crippen molar-refractivity contribution in [2.75, 3.05) is 25.1 Å². The van der Waals surface area contributed by atoms with E-state index in [4.69, 9.17) is 9.47 Å². The van der Waals surface area contributed by atoms with E-state index in [0.717, 1.165) is 36.8 Å². The highest BCUT2D eigenvalue weighted by molar-refractivity contribution is 5.46. The van der Waals surface area contributed by atoms with Crippen LogP contribution >= 0.6 is 0 Å². The normalized spacial score (nSPS) is 10.7. The lowest BCUT2D eigenvalue weighted by atomic mass is 10.1. The second-order valence-corrected chi connectivity index (χ2v) is 6.55. The van der Waals surface area contributed by atoms with Crippen molar-refractivity contribution in [1.82, 2.24) is 0 Å². The van der Waals surface area contributed by atoms with Crippen molar-refractivity contribution >= 4 is 5.69 Å². The molecule has 0 amide bonds. The van der Waals surface area contributed by atoms with E-state index in [-0.39, 0.29) is 0 Å². The molecule has 0 unspecified atom stereocenters. The largest absolute Gasteiger partial charge is 0.494 e. The molecule has 0 fully saturated rings. The Balaban J connectivity index is 1.72. The fourth-order valence-electron chi connectivity index (χ4n) is 2.46. The minimum Gasteiger partial charge on any atom is -0.494 e. The van der Waals surface area contributed by atoms with E-state index in [1.807, 2.05) is 24.3 Å². The first-order valence-corrected chi connectivity index (χ1v) is 8.72. The van der Waals surface area contributed by atoms with Crippen LogP contribution in [0.5, 0.6) is 11.5 Å². The summed E-state index contributed by atoms with van der Waals surface area (Å²) in [6.45, 7) is 10.7. The highest BCUT2D eigenvalue weighted by Crippen LogP contribution is 2.22. The molecule has 0 heterocycles. The van der Waals surface area contributed by atoms with Crippen LogP contribution in [-0.4, -0.2) is 19.8 Å². The summed E-state index contributed by atoms with van der Waals surface area (Å²) in [4.78, 5) is 0. The molecule has 0 aliphatic heterocycles. The maximum atomic E-state index is 5.90. The van der Waals surface area contributed by atoms with Gasteiger partial charge in [0.1, 0.15) is 18.1 Å². The maximum Gasteiger partial charge on any atom is 0.125 e. The van der Waals surface area contributed by atoms with Crippen LogP contribution in [-0.2, 0) is 0 Å². The molecule has 0 atom stereocenters. The number of rotatable bonds is 9. The van der Waals surface area contributed by atoms with Gasteiger partial charge in [-0.25, -0.2) is 0 Å². The van der Waals surface area contributed by atoms with Crippen LogP contribution in [0.25, 0.3) is 0 Å². The average molecular weight is 327 g/mol. The van der Waals surface area contributed by atoms with Crippen LogP contribution in [0.3, 0.4) is 0 Å². The minimum absolute atomic E-state index is 0.637. The van der Waals surface area contributed by atoms with Gasteiger partial charge in [0.05, 0.1) is 6.61 Å². The first-order valence-electron chi connectivity index (χ1n) is 8.72. The van der Waals surface area contributed by atoms with Gasteiger partial charge in [-0.2, -0.15) is 0 Å². The Morgan fingerprint density at radius 3 is 2.17 bits per heavy atom. The second-order valence-electron chi connectivity index (χ2n) is 6.55. The van der Waals surface area contributed by atoms with Gasteiger partial charge in [0.15, 0.2) is 0 Å². The molecular formula is C21H29NO2. The van der Waals surface area contributed by atoms with Gasteiger partial charge < -0.3 is 14.8 Å². The first-order chi connectivity index (χ1) is 11.6. The van der Waals surface area contributed by atoms with Gasteiger partial charge in [0, 0.05) is 12.2 Å². The topological polar surface area (TPSA) is 30.5 Å². The number of hydrogen-bond donors (Lipinski definition) is 1. The molecule has 0 saturated carbocycles. The lowest BCUT2D eigenvalue weighted by Gasteiger charge is -2.13. The molecule has 0 radical (unpaired) electrons. The van der Waals surface area contributed by atoms with E-state index in [2.05, 4.69) is 51.2 Å². The van der Waals surface area contributed by atoms with Gasteiger partial charge >= 0.3 is 0 Å². The van der Waals surface area contributed by atoms with Crippen LogP contribution in [0, 0.1) is 19.8 Å². The zero-order valence-corrected chi connectivity index (χ0v) is 15.3. The van der Waals surface area contributed by atoms with Crippen molar-refractivity contribution < 1.29 is 9.47 Å². The van der Waals surface area contributed by atoms with Gasteiger partial charge in [-0.05, 0) is 61.6 Å². The van der Waals surface area contributed by atoms with Crippen LogP contribution in [0.15, 0.2) is 42.5 Å². The molecule has 0 saturated heterocycles. The number of hydrogen-bond acceptors (Lipinski definition) is 3. The van der Waals surface area contributed by atoms with Crippen molar-refractivity contribution in [2.45, 2.75) is 34.1 Å². The third-order valence-electron chi connectivity index (χ3n) is 3.90. The Morgan fingerprint density at radius 2 is 1.54 bits per heavy atom. The molecule has 3 nitrogen and oxygen atoms in total. The molecule has 2 rings (SSSR count). The van der Waals surface area contributed by atoms with Crippen molar-refractivity contribution in [1.29, 1.82) is 0 Å². The number of anilines is 1. The highest BCUT2D eigenvalue weighted by Gasteiger charge is 2.02. The lowest BCUT2D eigenvalue weighted by molar-refractivity contribution is 0.289. The molecule has 1 N–H and O–H groups in total. The molecule has 2 aromatic carbocycles. The standard InChI is InChI=1S/C21H29NO2/c1-16(2)12-14-23-20-10-8-19(9-11-20)22-13-15-24-21-17(3)6-5-7-18(21)4/h5-11,16,22H,12-15H2,1-4H3. The van der Waals surface area contributed by atoms with Crippen LogP contribution in [0.2, 0.25) is 0 Å². The summed E-state index contributed by atoms with van der Waals surface area (Å²) >= 11 is 0. The summed E-state index contributed by atoms with van der Waals surface area (Å²) in [7, 11) is 0. The lowest BCUT2D eigenvalue weighted by Crippen LogP contribution is -2.12. The molecule has 130 valence electrons. The monoisotopic (exact) mass is 327 g/mol. The third-order valence-corrected chi connectivity index (χ3v) is 3.90. The summed E-state index contributed by atoms with van der Waals surface area (Å²) < 4.78 is 11.6. The summed E-state index contributed by atoms with van der Waals surface area (Å²) in [6.07, 6.45) is 1.08. The summed E-state index contributed by atoms with van der Waals surface area (Å²) in [5.41, 5.74) is 3.44. The second kappa shape index (κ2) is 9.21. The Hall–Kier alpha value is -2.16. The van der Waals surface area contributed by atoms with Crippen LogP contribution in [0.1, 0.15) is 31.4 Å². The van der Waals surface area contributed by atoms with E-state index < -0.39 is 0 Å². The zero-order valence-electron chi connectivity index (χ0n) is 15.3. The van der Waals surface area contributed by atoms with E-state index in [0.29, 0.717) is 12.5 Å². The van der Waals surface area contributed by atoms with E-state index in [1.54, 1.807) is 0 Å². The maximum absolute atomic E-state index is 5.90. The number of aryl methyl sites for hydroxylation is 2. The van der Waals surface area contributed by atoms with E-state index in [1.165, 1.54) is 11.1 Å². The minimum atomic E-state index is 0.637. The smallest absolute Gasteiger partial charge is 0.125 e. The van der Waals surface area contributed by atoms with Gasteiger partial charge in [-0.3, -0.25) is 0 Å². The van der Waals surface area contributed by atoms with Crippen molar-refractivity contribution in [3.05, 3.63) is 53.6 Å². The van der Waals surface area contributed by atoms with Crippen molar-refractivity contribution in [3.8, 4) is 11.5 Å². The number of ether oxygens (including phenoxy) is 2. The third kappa shape index (κ3) is 5.80. The predicted octanol–water partition coefficient (Wildman–Crippen LogP) is 5.22. The molecule has 2 aromatic rings. The Bertz CT molecular complexity index is 600. The SMILES string of the molecule is Cc1cccc(C)c1OCCNc1ccc(OCCC(C)C)cc1. The quantitative estimate of drug-likeness (QED) is 0.641. The van der Waals surface area contributed by atoms with Crippen molar-refractivity contribution in [3.63, 3.8) is 0 Å². The predicted molar refractivity (Wildman–Crippen MR) is 101 cm³/mol. The highest BCUT2D eigenvalue weighted by atomic mass is 16.5. The zero-order chi connectivity index (χ0) is 17.4. The number of nitrogens with one attached hydrogen (secondary N) is 1. The van der Waals surface area contributed by atoms with Gasteiger partial charge in [0.2, 0.25) is 0 Å². The Labute approximate surface area is 146 Å². The molecule has 0 spiro atoms. The fourth-order valence-corrected chi connectivity index (χ4v) is 2.46. The number of para-hydroxylation sites is 1. The molecular weight excluding hydrogens is 298 g/mol. The summed E-state index contributed by atoms with van der Waals surface area (Å²) in [5.74, 6) is 2.59. The first kappa shape index (κ1) is 18.2. The van der Waals surface area contributed by atoms with Gasteiger partial charge in [0.25, 0.3) is 0 Å². The van der Waals surface area contributed by atoms with E-state index >= 15 is 0 Å². The van der Waals surface area contributed by atoms with Gasteiger partial charge in [-0.1, -0.05) is 32.0 Å². The van der Waals surface area contributed by atoms with Crippen LogP contribution in [0.4, 0.5) is 5.69 Å². The van der Waals surface area contributed by atoms with Gasteiger partial charge in [-0.15, -0.1) is 0 Å². The molecule has 0 aliphatic rings. The number of benzene rings is 2. The van der Waals surface area contributed by atoms with E-state index in [9.17, 15) is 0 Å². The van der Waals surface area contributed by atoms with Crippen molar-refractivity contribution in [2.24, 2.45) is 5.92 Å². The molecule has 0 bridgehead atoms. The van der Waals surface area contributed by atoms with Crippen LogP contribution < -0.4 is 14.8 Å². The fraction of sp³-hybridized carbons (Fsp3) is 0.429. The summed E-state index contributed by atoms with van der Waals surface area (Å²) in [6, 6.07) is 14.3. The Kier molecular flexibility index (Phi) is 6.98. The summed E-state index contributed by atoms with van der Waals surface area (Å²) in [5, 5.41) is 3.37. The molecule has 0 aromatic heterocycles. The Morgan fingerprint density at radius 1 is 0.875 bits per heavy atom. The molecule has 0 aliphatic carbocycles. The molecule has 3 heteroatoms. The molecule has 24 heavy (non-hydrogen) atoms. The average Bonchev–Trinajstić information content (AvgIpc) is 2.55.